The minimum Gasteiger partial charge on any atom is -0.466 e. The lowest BCUT2D eigenvalue weighted by molar-refractivity contribution is -0.151. The molecule has 7 heteroatoms. The minimum atomic E-state index is -0.154. The highest BCUT2D eigenvalue weighted by Crippen LogP contribution is 2.23. The van der Waals surface area contributed by atoms with Gasteiger partial charge in [-0.2, -0.15) is 0 Å². The number of esters is 1. The lowest BCUT2D eigenvalue weighted by atomic mass is 9.97. The first-order chi connectivity index (χ1) is 13.1. The molecule has 2 aromatic rings. The third-order valence-corrected chi connectivity index (χ3v) is 4.95. The molecule has 0 aliphatic carbocycles. The number of aryl methyl sites for hydroxylation is 1. The van der Waals surface area contributed by atoms with Gasteiger partial charge in [-0.25, -0.2) is 4.98 Å². The zero-order chi connectivity index (χ0) is 19.2. The Morgan fingerprint density at radius 3 is 2.63 bits per heavy atom. The maximum Gasteiger partial charge on any atom is 0.309 e. The Bertz CT molecular complexity index is 780. The fourth-order valence-corrected chi connectivity index (χ4v) is 3.30. The van der Waals surface area contributed by atoms with Gasteiger partial charge in [-0.15, -0.1) is 0 Å². The van der Waals surface area contributed by atoms with Crippen LogP contribution in [-0.4, -0.2) is 41.5 Å². The normalized spacial score (nSPS) is 15.0. The molecule has 1 aromatic heterocycles. The van der Waals surface area contributed by atoms with Crippen molar-refractivity contribution >= 4 is 23.5 Å². The molecule has 0 spiro atoms. The van der Waals surface area contributed by atoms with Crippen LogP contribution < -0.4 is 0 Å². The SMILES string of the molecule is CCOC(=O)C1CCN(C(=O)CCc2ncc(-c3ccc(Cl)cc3)o2)CC1. The largest absolute Gasteiger partial charge is 0.466 e. The second kappa shape index (κ2) is 9.04. The fraction of sp³-hybridized carbons (Fsp3) is 0.450. The van der Waals surface area contributed by atoms with E-state index >= 15 is 0 Å². The molecule has 0 saturated carbocycles. The van der Waals surface area contributed by atoms with Gasteiger partial charge in [0, 0.05) is 36.5 Å². The maximum absolute atomic E-state index is 12.4. The summed E-state index contributed by atoms with van der Waals surface area (Å²) >= 11 is 5.89. The zero-order valence-corrected chi connectivity index (χ0v) is 16.1. The molecule has 6 nitrogen and oxygen atoms in total. The molecule has 1 saturated heterocycles. The summed E-state index contributed by atoms with van der Waals surface area (Å²) in [5, 5.41) is 0.663. The van der Waals surface area contributed by atoms with Gasteiger partial charge in [-0.05, 0) is 44.0 Å². The Hall–Kier alpha value is -2.34. The summed E-state index contributed by atoms with van der Waals surface area (Å²) in [4.78, 5) is 30.2. The van der Waals surface area contributed by atoms with Gasteiger partial charge in [-0.3, -0.25) is 9.59 Å². The number of piperidine rings is 1. The van der Waals surface area contributed by atoms with Crippen LogP contribution in [0.2, 0.25) is 5.02 Å². The predicted octanol–water partition coefficient (Wildman–Crippen LogP) is 3.73. The van der Waals surface area contributed by atoms with Gasteiger partial charge >= 0.3 is 5.97 Å². The van der Waals surface area contributed by atoms with Crippen molar-refractivity contribution in [2.24, 2.45) is 5.92 Å². The molecule has 0 unspecified atom stereocenters. The van der Waals surface area contributed by atoms with Gasteiger partial charge in [0.15, 0.2) is 11.7 Å². The van der Waals surface area contributed by atoms with Crippen LogP contribution in [0.1, 0.15) is 32.1 Å². The number of amides is 1. The first kappa shape index (κ1) is 19.4. The third kappa shape index (κ3) is 5.10. The van der Waals surface area contributed by atoms with E-state index in [0.29, 0.717) is 62.1 Å². The van der Waals surface area contributed by atoms with Crippen LogP contribution in [0.3, 0.4) is 0 Å². The Balaban J connectivity index is 1.47. The van der Waals surface area contributed by atoms with Crippen molar-refractivity contribution in [1.82, 2.24) is 9.88 Å². The molecule has 1 aromatic carbocycles. The Kier molecular flexibility index (Phi) is 6.50. The number of carbonyl (C=O) groups excluding carboxylic acids is 2. The molecule has 0 bridgehead atoms. The number of halogens is 1. The fourth-order valence-electron chi connectivity index (χ4n) is 3.17. The van der Waals surface area contributed by atoms with Crippen molar-refractivity contribution in [3.63, 3.8) is 0 Å². The standard InChI is InChI=1S/C20H23ClN2O4/c1-2-26-20(25)15-9-11-23(12-10-15)19(24)8-7-18-22-13-17(27-18)14-3-5-16(21)6-4-14/h3-6,13,15H,2,7-12H2,1H3. The Labute approximate surface area is 163 Å². The van der Waals surface area contributed by atoms with Crippen molar-refractivity contribution in [1.29, 1.82) is 0 Å². The van der Waals surface area contributed by atoms with Gasteiger partial charge in [0.05, 0.1) is 18.7 Å². The number of carbonyl (C=O) groups is 2. The third-order valence-electron chi connectivity index (χ3n) is 4.70. The molecule has 3 rings (SSSR count). The Morgan fingerprint density at radius 2 is 1.96 bits per heavy atom. The number of likely N-dealkylation sites (tertiary alicyclic amines) is 1. The smallest absolute Gasteiger partial charge is 0.309 e. The summed E-state index contributed by atoms with van der Waals surface area (Å²) in [6.07, 6.45) is 3.76. The number of oxazole rings is 1. The molecular formula is C20H23ClN2O4. The van der Waals surface area contributed by atoms with Gasteiger partial charge in [-0.1, -0.05) is 11.6 Å². The van der Waals surface area contributed by atoms with E-state index in [9.17, 15) is 9.59 Å². The van der Waals surface area contributed by atoms with E-state index in [1.807, 2.05) is 12.1 Å². The number of aromatic nitrogens is 1. The monoisotopic (exact) mass is 390 g/mol. The van der Waals surface area contributed by atoms with Crippen molar-refractivity contribution in [2.75, 3.05) is 19.7 Å². The molecule has 1 fully saturated rings. The van der Waals surface area contributed by atoms with Gasteiger partial charge in [0.2, 0.25) is 5.91 Å². The van der Waals surface area contributed by atoms with Gasteiger partial charge < -0.3 is 14.1 Å². The quantitative estimate of drug-likeness (QED) is 0.702. The molecule has 27 heavy (non-hydrogen) atoms. The molecule has 144 valence electrons. The van der Waals surface area contributed by atoms with Crippen LogP contribution in [0.5, 0.6) is 0 Å². The van der Waals surface area contributed by atoms with E-state index in [1.54, 1.807) is 30.2 Å². The average molecular weight is 391 g/mol. The maximum atomic E-state index is 12.4. The van der Waals surface area contributed by atoms with E-state index in [2.05, 4.69) is 4.98 Å². The van der Waals surface area contributed by atoms with Crippen LogP contribution in [0, 0.1) is 5.92 Å². The summed E-state index contributed by atoms with van der Waals surface area (Å²) in [5.41, 5.74) is 0.894. The first-order valence-corrected chi connectivity index (χ1v) is 9.59. The number of ether oxygens (including phenoxy) is 1. The number of benzene rings is 1. The predicted molar refractivity (Wildman–Crippen MR) is 101 cm³/mol. The average Bonchev–Trinajstić information content (AvgIpc) is 3.16. The van der Waals surface area contributed by atoms with Crippen LogP contribution >= 0.6 is 11.6 Å². The van der Waals surface area contributed by atoms with Crippen molar-refractivity contribution < 1.29 is 18.7 Å². The van der Waals surface area contributed by atoms with Gasteiger partial charge in [0.1, 0.15) is 0 Å². The minimum absolute atomic E-state index is 0.0588. The number of hydrogen-bond donors (Lipinski definition) is 0. The molecule has 0 N–H and O–H groups in total. The van der Waals surface area contributed by atoms with E-state index in [1.165, 1.54) is 0 Å². The molecule has 0 atom stereocenters. The Morgan fingerprint density at radius 1 is 1.26 bits per heavy atom. The summed E-state index contributed by atoms with van der Waals surface area (Å²) in [5.74, 6) is 1.00. The summed E-state index contributed by atoms with van der Waals surface area (Å²) in [6, 6.07) is 7.32. The topological polar surface area (TPSA) is 72.6 Å². The molecule has 0 radical (unpaired) electrons. The van der Waals surface area contributed by atoms with E-state index < -0.39 is 0 Å². The second-order valence-corrected chi connectivity index (χ2v) is 6.97. The van der Waals surface area contributed by atoms with Crippen LogP contribution in [0.15, 0.2) is 34.9 Å². The summed E-state index contributed by atoms with van der Waals surface area (Å²) < 4.78 is 10.8. The van der Waals surface area contributed by atoms with E-state index in [-0.39, 0.29) is 17.8 Å². The first-order valence-electron chi connectivity index (χ1n) is 9.22. The second-order valence-electron chi connectivity index (χ2n) is 6.53. The van der Waals surface area contributed by atoms with Gasteiger partial charge in [0.25, 0.3) is 0 Å². The van der Waals surface area contributed by atoms with E-state index in [4.69, 9.17) is 20.8 Å². The van der Waals surface area contributed by atoms with Crippen LogP contribution in [0.4, 0.5) is 0 Å². The number of hydrogen-bond acceptors (Lipinski definition) is 5. The van der Waals surface area contributed by atoms with Crippen molar-refractivity contribution in [2.45, 2.75) is 32.6 Å². The molecule has 2 heterocycles. The van der Waals surface area contributed by atoms with Crippen LogP contribution in [-0.2, 0) is 20.7 Å². The molecule has 1 aliphatic heterocycles. The lowest BCUT2D eigenvalue weighted by Crippen LogP contribution is -2.40. The summed E-state index contributed by atoms with van der Waals surface area (Å²) in [7, 11) is 0. The highest BCUT2D eigenvalue weighted by Gasteiger charge is 2.28. The number of rotatable bonds is 6. The zero-order valence-electron chi connectivity index (χ0n) is 15.3. The van der Waals surface area contributed by atoms with Crippen LogP contribution in [0.25, 0.3) is 11.3 Å². The molecule has 1 aliphatic rings. The van der Waals surface area contributed by atoms with Crippen molar-refractivity contribution in [3.05, 3.63) is 41.4 Å². The van der Waals surface area contributed by atoms with E-state index in [0.717, 1.165) is 5.56 Å². The summed E-state index contributed by atoms with van der Waals surface area (Å²) in [6.45, 7) is 3.37. The highest BCUT2D eigenvalue weighted by atomic mass is 35.5. The number of nitrogens with zero attached hydrogens (tertiary/aromatic N) is 2. The van der Waals surface area contributed by atoms with Crippen molar-refractivity contribution in [3.8, 4) is 11.3 Å². The lowest BCUT2D eigenvalue weighted by Gasteiger charge is -2.30. The highest BCUT2D eigenvalue weighted by molar-refractivity contribution is 6.30. The molecule has 1 amide bonds. The molecular weight excluding hydrogens is 368 g/mol.